The quantitative estimate of drug-likeness (QED) is 0.626. The maximum absolute atomic E-state index is 8.98. The Morgan fingerprint density at radius 1 is 1.55 bits per heavy atom. The van der Waals surface area contributed by atoms with E-state index in [0.29, 0.717) is 12.2 Å². The van der Waals surface area contributed by atoms with Crippen molar-refractivity contribution in [2.24, 2.45) is 0 Å². The highest BCUT2D eigenvalue weighted by molar-refractivity contribution is 5.22. The molecule has 1 rings (SSSR count). The Labute approximate surface area is 65.1 Å². The van der Waals surface area contributed by atoms with Gasteiger partial charge in [0.2, 0.25) is 0 Å². The zero-order valence-corrected chi connectivity index (χ0v) is 6.36. The lowest BCUT2D eigenvalue weighted by atomic mass is 10.2. The van der Waals surface area contributed by atoms with Crippen LogP contribution in [0.4, 0.5) is 5.82 Å². The number of nitrogen functional groups attached to an aromatic ring is 1. The number of nitrogens with two attached hydrogens (primary N) is 1. The molecule has 11 heavy (non-hydrogen) atoms. The smallest absolute Gasteiger partial charge is 0.141 e. The van der Waals surface area contributed by atoms with E-state index in [1.807, 2.05) is 0 Å². The first-order valence-electron chi connectivity index (χ1n) is 3.43. The Morgan fingerprint density at radius 3 is 2.73 bits per heavy atom. The maximum atomic E-state index is 8.98. The molecule has 0 radical (unpaired) electrons. The predicted molar refractivity (Wildman–Crippen MR) is 41.8 cm³/mol. The minimum atomic E-state index is -0.382. The van der Waals surface area contributed by atoms with Crippen molar-refractivity contribution >= 4 is 5.82 Å². The molecule has 1 aromatic rings. The van der Waals surface area contributed by atoms with E-state index in [1.54, 1.807) is 13.1 Å². The van der Waals surface area contributed by atoms with E-state index in [2.05, 4.69) is 9.97 Å². The van der Waals surface area contributed by atoms with Gasteiger partial charge in [-0.15, -0.1) is 0 Å². The molecule has 1 unspecified atom stereocenters. The van der Waals surface area contributed by atoms with Gasteiger partial charge in [0.15, 0.2) is 0 Å². The fourth-order valence-electron chi connectivity index (χ4n) is 0.773. The normalized spacial score (nSPS) is 12.9. The molecule has 1 aromatic heterocycles. The lowest BCUT2D eigenvalue weighted by Crippen LogP contribution is -2.06. The van der Waals surface area contributed by atoms with E-state index in [4.69, 9.17) is 10.8 Å². The number of hydrogen-bond donors (Lipinski definition) is 2. The molecule has 4 heteroatoms. The Kier molecular flexibility index (Phi) is 2.38. The largest absolute Gasteiger partial charge is 0.393 e. The number of aliphatic hydroxyl groups is 1. The van der Waals surface area contributed by atoms with Crippen molar-refractivity contribution in [2.45, 2.75) is 19.4 Å². The predicted octanol–water partition coefficient (Wildman–Crippen LogP) is -0.0179. The van der Waals surface area contributed by atoms with Gasteiger partial charge in [-0.2, -0.15) is 0 Å². The minimum Gasteiger partial charge on any atom is -0.393 e. The Bertz CT molecular complexity index is 220. The van der Waals surface area contributed by atoms with Gasteiger partial charge in [0.1, 0.15) is 5.82 Å². The van der Waals surface area contributed by atoms with Gasteiger partial charge in [0.05, 0.1) is 24.2 Å². The number of nitrogens with zero attached hydrogens (tertiary/aromatic N) is 2. The average Bonchev–Trinajstić information content (AvgIpc) is 1.93. The van der Waals surface area contributed by atoms with Gasteiger partial charge < -0.3 is 10.8 Å². The first-order valence-corrected chi connectivity index (χ1v) is 3.43. The molecule has 3 N–H and O–H groups in total. The van der Waals surface area contributed by atoms with Crippen LogP contribution >= 0.6 is 0 Å². The topological polar surface area (TPSA) is 72.0 Å². The molecule has 0 aliphatic rings. The third kappa shape index (κ3) is 2.51. The second-order valence-corrected chi connectivity index (χ2v) is 2.49. The third-order valence-electron chi connectivity index (χ3n) is 1.23. The Balaban J connectivity index is 2.66. The van der Waals surface area contributed by atoms with Crippen molar-refractivity contribution < 1.29 is 5.11 Å². The summed E-state index contributed by atoms with van der Waals surface area (Å²) in [5.41, 5.74) is 6.08. The van der Waals surface area contributed by atoms with Crippen LogP contribution in [0.2, 0.25) is 0 Å². The standard InChI is InChI=1S/C7H11N3O/c1-5(11)2-6-3-10-7(8)4-9-6/h3-5,11H,2H2,1H3,(H2,8,10). The molecular formula is C7H11N3O. The molecule has 1 atom stereocenters. The Hall–Kier alpha value is -1.16. The van der Waals surface area contributed by atoms with Crippen molar-refractivity contribution in [3.63, 3.8) is 0 Å². The highest BCUT2D eigenvalue weighted by atomic mass is 16.3. The molecule has 0 bridgehead atoms. The lowest BCUT2D eigenvalue weighted by molar-refractivity contribution is 0.194. The highest BCUT2D eigenvalue weighted by Crippen LogP contribution is 1.99. The zero-order chi connectivity index (χ0) is 8.27. The SMILES string of the molecule is CC(O)Cc1cnc(N)cn1. The van der Waals surface area contributed by atoms with Crippen molar-refractivity contribution in [1.82, 2.24) is 9.97 Å². The van der Waals surface area contributed by atoms with Crippen LogP contribution < -0.4 is 5.73 Å². The molecule has 1 heterocycles. The van der Waals surface area contributed by atoms with E-state index >= 15 is 0 Å². The molecule has 4 nitrogen and oxygen atoms in total. The van der Waals surface area contributed by atoms with Crippen molar-refractivity contribution in [2.75, 3.05) is 5.73 Å². The summed E-state index contributed by atoms with van der Waals surface area (Å²) in [6.07, 6.45) is 3.19. The number of aromatic nitrogens is 2. The molecule has 0 amide bonds. The first kappa shape index (κ1) is 7.94. The third-order valence-corrected chi connectivity index (χ3v) is 1.23. The molecule has 0 fully saturated rings. The minimum absolute atomic E-state index is 0.382. The van der Waals surface area contributed by atoms with Crippen LogP contribution in [0.5, 0.6) is 0 Å². The summed E-state index contributed by atoms with van der Waals surface area (Å²) >= 11 is 0. The van der Waals surface area contributed by atoms with E-state index in [0.717, 1.165) is 5.69 Å². The van der Waals surface area contributed by atoms with E-state index in [9.17, 15) is 0 Å². The van der Waals surface area contributed by atoms with Gasteiger partial charge in [-0.1, -0.05) is 0 Å². The molecule has 0 saturated carbocycles. The second kappa shape index (κ2) is 3.30. The molecule has 0 saturated heterocycles. The Morgan fingerprint density at radius 2 is 2.27 bits per heavy atom. The molecule has 60 valence electrons. The van der Waals surface area contributed by atoms with Crippen LogP contribution in [0.1, 0.15) is 12.6 Å². The van der Waals surface area contributed by atoms with Crippen molar-refractivity contribution in [1.29, 1.82) is 0 Å². The van der Waals surface area contributed by atoms with Gasteiger partial charge >= 0.3 is 0 Å². The van der Waals surface area contributed by atoms with Crippen molar-refractivity contribution in [3.8, 4) is 0 Å². The second-order valence-electron chi connectivity index (χ2n) is 2.49. The molecule has 0 aromatic carbocycles. The highest BCUT2D eigenvalue weighted by Gasteiger charge is 1.99. The van der Waals surface area contributed by atoms with Gasteiger partial charge in [-0.25, -0.2) is 4.98 Å². The van der Waals surface area contributed by atoms with E-state index in [-0.39, 0.29) is 6.10 Å². The number of hydrogen-bond acceptors (Lipinski definition) is 4. The van der Waals surface area contributed by atoms with E-state index < -0.39 is 0 Å². The number of rotatable bonds is 2. The number of aliphatic hydroxyl groups excluding tert-OH is 1. The van der Waals surface area contributed by atoms with E-state index in [1.165, 1.54) is 6.20 Å². The van der Waals surface area contributed by atoms with Crippen LogP contribution in [0.3, 0.4) is 0 Å². The summed E-state index contributed by atoms with van der Waals surface area (Å²) in [4.78, 5) is 7.81. The summed E-state index contributed by atoms with van der Waals surface area (Å²) in [5.74, 6) is 0.402. The van der Waals surface area contributed by atoms with Gasteiger partial charge in [-0.05, 0) is 6.92 Å². The summed E-state index contributed by atoms with van der Waals surface area (Å²) in [6, 6.07) is 0. The van der Waals surface area contributed by atoms with Crippen LogP contribution in [-0.2, 0) is 6.42 Å². The molecular weight excluding hydrogens is 142 g/mol. The van der Waals surface area contributed by atoms with Crippen LogP contribution in [0, 0.1) is 0 Å². The maximum Gasteiger partial charge on any atom is 0.141 e. The van der Waals surface area contributed by atoms with Crippen molar-refractivity contribution in [3.05, 3.63) is 18.1 Å². The summed E-state index contributed by atoms with van der Waals surface area (Å²) < 4.78 is 0. The molecule has 0 aliphatic heterocycles. The summed E-state index contributed by atoms with van der Waals surface area (Å²) in [6.45, 7) is 1.71. The number of anilines is 1. The monoisotopic (exact) mass is 153 g/mol. The van der Waals surface area contributed by atoms with Crippen LogP contribution in [0.25, 0.3) is 0 Å². The average molecular weight is 153 g/mol. The summed E-state index contributed by atoms with van der Waals surface area (Å²) in [5, 5.41) is 8.98. The zero-order valence-electron chi connectivity index (χ0n) is 6.36. The fraction of sp³-hybridized carbons (Fsp3) is 0.429. The summed E-state index contributed by atoms with van der Waals surface area (Å²) in [7, 11) is 0. The van der Waals surface area contributed by atoms with Crippen LogP contribution in [0.15, 0.2) is 12.4 Å². The van der Waals surface area contributed by atoms with Gasteiger partial charge in [0, 0.05) is 6.42 Å². The fourth-order valence-corrected chi connectivity index (χ4v) is 0.773. The van der Waals surface area contributed by atoms with Gasteiger partial charge in [-0.3, -0.25) is 4.98 Å². The molecule has 0 aliphatic carbocycles. The lowest BCUT2D eigenvalue weighted by Gasteiger charge is -2.01. The molecule has 0 spiro atoms. The van der Waals surface area contributed by atoms with Gasteiger partial charge in [0.25, 0.3) is 0 Å². The first-order chi connectivity index (χ1) is 5.18. The van der Waals surface area contributed by atoms with Crippen LogP contribution in [-0.4, -0.2) is 21.2 Å².